The van der Waals surface area contributed by atoms with E-state index >= 15 is 0 Å². The first-order chi connectivity index (χ1) is 8.63. The summed E-state index contributed by atoms with van der Waals surface area (Å²) >= 11 is 1.46. The van der Waals surface area contributed by atoms with Crippen molar-refractivity contribution < 1.29 is 0 Å². The van der Waals surface area contributed by atoms with Gasteiger partial charge in [-0.15, -0.1) is 0 Å². The monoisotopic (exact) mass is 254 g/mol. The summed E-state index contributed by atoms with van der Waals surface area (Å²) < 4.78 is 1.07. The first-order valence-corrected chi connectivity index (χ1v) is 6.17. The highest BCUT2D eigenvalue weighted by atomic mass is 32.1. The number of hydrogen-bond donors (Lipinski definition) is 0. The van der Waals surface area contributed by atoms with Gasteiger partial charge in [0.25, 0.3) is 0 Å². The van der Waals surface area contributed by atoms with Gasteiger partial charge in [-0.25, -0.2) is 9.98 Å². The van der Waals surface area contributed by atoms with Crippen LogP contribution in [0.2, 0.25) is 0 Å². The third-order valence-electron chi connectivity index (χ3n) is 2.60. The third kappa shape index (κ3) is 2.37. The predicted octanol–water partition coefficient (Wildman–Crippen LogP) is 3.28. The van der Waals surface area contributed by atoms with Crippen LogP contribution in [0.25, 0.3) is 10.2 Å². The van der Waals surface area contributed by atoms with Crippen molar-refractivity contribution >= 4 is 32.9 Å². The SMILES string of the molecule is Cc1cc2nc(N=CC(C#N)C#N)sc2cc1C. The Morgan fingerprint density at radius 3 is 2.61 bits per heavy atom. The van der Waals surface area contributed by atoms with Crippen molar-refractivity contribution in [1.82, 2.24) is 4.98 Å². The Labute approximate surface area is 109 Å². The van der Waals surface area contributed by atoms with Gasteiger partial charge >= 0.3 is 0 Å². The molecule has 18 heavy (non-hydrogen) atoms. The van der Waals surface area contributed by atoms with Gasteiger partial charge in [0.1, 0.15) is 0 Å². The minimum Gasteiger partial charge on any atom is -0.230 e. The van der Waals surface area contributed by atoms with Crippen molar-refractivity contribution in [2.24, 2.45) is 10.9 Å². The van der Waals surface area contributed by atoms with E-state index in [0.717, 1.165) is 10.2 Å². The van der Waals surface area contributed by atoms with Gasteiger partial charge in [-0.3, -0.25) is 0 Å². The summed E-state index contributed by atoms with van der Waals surface area (Å²) in [6.45, 7) is 4.09. The summed E-state index contributed by atoms with van der Waals surface area (Å²) in [5.74, 6) is -0.819. The van der Waals surface area contributed by atoms with Crippen LogP contribution in [0.1, 0.15) is 11.1 Å². The zero-order valence-electron chi connectivity index (χ0n) is 10.0. The number of thiazole rings is 1. The number of aromatic nitrogens is 1. The standard InChI is InChI=1S/C13H10N4S/c1-8-3-11-12(4-9(8)2)18-13(17-11)16-7-10(5-14)6-15/h3-4,7,10H,1-2H3. The Kier molecular flexibility index (Phi) is 3.36. The predicted molar refractivity (Wildman–Crippen MR) is 72.0 cm³/mol. The van der Waals surface area contributed by atoms with E-state index in [-0.39, 0.29) is 0 Å². The molecule has 0 radical (unpaired) electrons. The van der Waals surface area contributed by atoms with E-state index < -0.39 is 5.92 Å². The van der Waals surface area contributed by atoms with E-state index in [2.05, 4.69) is 23.0 Å². The fourth-order valence-corrected chi connectivity index (χ4v) is 2.36. The maximum Gasteiger partial charge on any atom is 0.209 e. The van der Waals surface area contributed by atoms with Gasteiger partial charge in [0.05, 0.1) is 22.4 Å². The van der Waals surface area contributed by atoms with Gasteiger partial charge in [0, 0.05) is 6.21 Å². The fourth-order valence-electron chi connectivity index (χ4n) is 1.46. The van der Waals surface area contributed by atoms with Crippen molar-refractivity contribution in [3.8, 4) is 12.1 Å². The lowest BCUT2D eigenvalue weighted by atomic mass is 10.1. The van der Waals surface area contributed by atoms with Gasteiger partial charge in [-0.2, -0.15) is 10.5 Å². The minimum atomic E-state index is -0.819. The highest BCUT2D eigenvalue weighted by molar-refractivity contribution is 7.22. The van der Waals surface area contributed by atoms with Crippen molar-refractivity contribution in [3.63, 3.8) is 0 Å². The molecule has 0 atom stereocenters. The normalized spacial score (nSPS) is 10.9. The quantitative estimate of drug-likeness (QED) is 0.772. The first-order valence-electron chi connectivity index (χ1n) is 5.35. The third-order valence-corrected chi connectivity index (χ3v) is 3.53. The number of rotatable bonds is 2. The van der Waals surface area contributed by atoms with E-state index in [1.807, 2.05) is 25.1 Å². The van der Waals surface area contributed by atoms with Gasteiger partial charge in [0.2, 0.25) is 5.13 Å². The van der Waals surface area contributed by atoms with Crippen LogP contribution in [0.5, 0.6) is 0 Å². The summed E-state index contributed by atoms with van der Waals surface area (Å²) in [4.78, 5) is 8.44. The Balaban J connectivity index is 2.37. The molecule has 0 aliphatic rings. The zero-order chi connectivity index (χ0) is 13.1. The molecule has 0 spiro atoms. The second-order valence-corrected chi connectivity index (χ2v) is 4.92. The topological polar surface area (TPSA) is 72.8 Å². The molecule has 0 aliphatic heterocycles. The first kappa shape index (κ1) is 12.2. The molecule has 5 heteroatoms. The maximum atomic E-state index is 8.64. The van der Waals surface area contributed by atoms with E-state index in [0.29, 0.717) is 5.13 Å². The van der Waals surface area contributed by atoms with Gasteiger partial charge in [-0.05, 0) is 37.1 Å². The molecular weight excluding hydrogens is 244 g/mol. The molecule has 0 N–H and O–H groups in total. The van der Waals surface area contributed by atoms with Gasteiger partial charge < -0.3 is 0 Å². The highest BCUT2D eigenvalue weighted by Gasteiger charge is 2.05. The second-order valence-electron chi connectivity index (χ2n) is 3.91. The molecule has 88 valence electrons. The number of benzene rings is 1. The van der Waals surface area contributed by atoms with E-state index in [1.54, 1.807) is 0 Å². The van der Waals surface area contributed by atoms with Gasteiger partial charge in [-0.1, -0.05) is 11.3 Å². The zero-order valence-corrected chi connectivity index (χ0v) is 10.8. The Morgan fingerprint density at radius 2 is 1.94 bits per heavy atom. The molecule has 0 aliphatic carbocycles. The van der Waals surface area contributed by atoms with E-state index in [9.17, 15) is 0 Å². The molecule has 0 amide bonds. The number of nitrogens with zero attached hydrogens (tertiary/aromatic N) is 4. The smallest absolute Gasteiger partial charge is 0.209 e. The average Bonchev–Trinajstić information content (AvgIpc) is 2.73. The Bertz CT molecular complexity index is 647. The van der Waals surface area contributed by atoms with Crippen molar-refractivity contribution in [1.29, 1.82) is 10.5 Å². The number of aryl methyl sites for hydroxylation is 2. The lowest BCUT2D eigenvalue weighted by Gasteiger charge is -1.96. The number of nitriles is 2. The average molecular weight is 254 g/mol. The maximum absolute atomic E-state index is 8.64. The summed E-state index contributed by atoms with van der Waals surface area (Å²) in [6, 6.07) is 7.78. The van der Waals surface area contributed by atoms with Crippen LogP contribution in [0.4, 0.5) is 5.13 Å². The van der Waals surface area contributed by atoms with Crippen molar-refractivity contribution in [2.75, 3.05) is 0 Å². The van der Waals surface area contributed by atoms with Crippen LogP contribution in [0.3, 0.4) is 0 Å². The molecule has 0 bridgehead atoms. The molecule has 2 rings (SSSR count). The lowest BCUT2D eigenvalue weighted by Crippen LogP contribution is -1.92. The van der Waals surface area contributed by atoms with Crippen LogP contribution < -0.4 is 0 Å². The van der Waals surface area contributed by atoms with E-state index in [1.165, 1.54) is 28.7 Å². The molecule has 0 saturated heterocycles. The molecule has 1 aromatic heterocycles. The molecule has 1 heterocycles. The van der Waals surface area contributed by atoms with Crippen molar-refractivity contribution in [2.45, 2.75) is 13.8 Å². The molecule has 2 aromatic rings. The molecule has 0 fully saturated rings. The molecule has 0 saturated carbocycles. The summed E-state index contributed by atoms with van der Waals surface area (Å²) in [5.41, 5.74) is 3.31. The highest BCUT2D eigenvalue weighted by Crippen LogP contribution is 2.29. The summed E-state index contributed by atoms with van der Waals surface area (Å²) in [6.07, 6.45) is 1.33. The second kappa shape index (κ2) is 4.95. The summed E-state index contributed by atoms with van der Waals surface area (Å²) in [5, 5.41) is 17.8. The van der Waals surface area contributed by atoms with E-state index in [4.69, 9.17) is 10.5 Å². The number of hydrogen-bond acceptors (Lipinski definition) is 5. The molecule has 0 unspecified atom stereocenters. The van der Waals surface area contributed by atoms with Crippen LogP contribution in [0.15, 0.2) is 17.1 Å². The largest absolute Gasteiger partial charge is 0.230 e. The molecule has 1 aromatic carbocycles. The van der Waals surface area contributed by atoms with Crippen LogP contribution >= 0.6 is 11.3 Å². The minimum absolute atomic E-state index is 0.575. The molecule has 4 nitrogen and oxygen atoms in total. The Morgan fingerprint density at radius 1 is 1.28 bits per heavy atom. The van der Waals surface area contributed by atoms with Crippen LogP contribution in [-0.2, 0) is 0 Å². The van der Waals surface area contributed by atoms with Gasteiger partial charge in [0.15, 0.2) is 5.92 Å². The molecular formula is C13H10N4S. The van der Waals surface area contributed by atoms with Crippen LogP contribution in [-0.4, -0.2) is 11.2 Å². The van der Waals surface area contributed by atoms with Crippen LogP contribution in [0, 0.1) is 42.4 Å². The summed E-state index contributed by atoms with van der Waals surface area (Å²) in [7, 11) is 0. The van der Waals surface area contributed by atoms with Crippen molar-refractivity contribution in [3.05, 3.63) is 23.3 Å². The Hall–Kier alpha value is -2.24. The lowest BCUT2D eigenvalue weighted by molar-refractivity contribution is 1.17. The number of aliphatic imine (C=N–C) groups is 1. The number of fused-ring (bicyclic) bond motifs is 1. The fraction of sp³-hybridized carbons (Fsp3) is 0.231.